The molecule has 3 aromatic rings. The van der Waals surface area contributed by atoms with Crippen LogP contribution in [0.15, 0.2) is 45.5 Å². The Balaban J connectivity index is 2.46. The number of fused-ring (bicyclic) bond motifs is 1. The second kappa shape index (κ2) is 4.60. The van der Waals surface area contributed by atoms with Crippen LogP contribution in [0, 0.1) is 4.77 Å². The Bertz CT molecular complexity index is 771. The monoisotopic (exact) mass is 383 g/mol. The number of hydrogen-bond acceptors (Lipinski definition) is 2. The summed E-state index contributed by atoms with van der Waals surface area (Å²) < 4.78 is 4.45. The Hall–Kier alpha value is -0.980. The molecule has 0 aliphatic heterocycles. The number of benzene rings is 1. The van der Waals surface area contributed by atoms with E-state index in [0.29, 0.717) is 4.77 Å². The van der Waals surface area contributed by atoms with Gasteiger partial charge < -0.3 is 4.98 Å². The number of para-hydroxylation sites is 1. The SMILES string of the molecule is S=c1[nH]c2cccnc2n1-c1c(Br)cccc1Br. The van der Waals surface area contributed by atoms with Crippen molar-refractivity contribution in [1.29, 1.82) is 0 Å². The first-order valence-electron chi connectivity index (χ1n) is 5.18. The Kier molecular flexibility index (Phi) is 3.09. The molecule has 6 heteroatoms. The summed E-state index contributed by atoms with van der Waals surface area (Å²) in [5, 5.41) is 0. The zero-order valence-corrected chi connectivity index (χ0v) is 13.0. The lowest BCUT2D eigenvalue weighted by atomic mass is 10.3. The minimum Gasteiger partial charge on any atom is -0.329 e. The molecule has 2 aromatic heterocycles. The predicted molar refractivity (Wildman–Crippen MR) is 81.7 cm³/mol. The van der Waals surface area contributed by atoms with Gasteiger partial charge in [0, 0.05) is 15.1 Å². The predicted octanol–water partition coefficient (Wildman–Crippen LogP) is 4.61. The number of aromatic amines is 1. The molecule has 3 nitrogen and oxygen atoms in total. The first-order chi connectivity index (χ1) is 8.68. The Morgan fingerprint density at radius 3 is 2.56 bits per heavy atom. The van der Waals surface area contributed by atoms with Gasteiger partial charge in [-0.25, -0.2) is 4.98 Å². The van der Waals surface area contributed by atoms with Crippen LogP contribution in [-0.4, -0.2) is 14.5 Å². The summed E-state index contributed by atoms with van der Waals surface area (Å²) in [4.78, 5) is 7.54. The first-order valence-corrected chi connectivity index (χ1v) is 7.18. The van der Waals surface area contributed by atoms with Gasteiger partial charge in [0.15, 0.2) is 10.4 Å². The van der Waals surface area contributed by atoms with Crippen LogP contribution >= 0.6 is 44.1 Å². The second-order valence-corrected chi connectivity index (χ2v) is 5.81. The minimum atomic E-state index is 0.622. The second-order valence-electron chi connectivity index (χ2n) is 3.71. The summed E-state index contributed by atoms with van der Waals surface area (Å²) in [6, 6.07) is 9.75. The lowest BCUT2D eigenvalue weighted by molar-refractivity contribution is 1.03. The van der Waals surface area contributed by atoms with Crippen LogP contribution in [0.2, 0.25) is 0 Å². The molecule has 1 aromatic carbocycles. The summed E-state index contributed by atoms with van der Waals surface area (Å²) in [6.45, 7) is 0. The largest absolute Gasteiger partial charge is 0.329 e. The molecule has 0 unspecified atom stereocenters. The summed E-state index contributed by atoms with van der Waals surface area (Å²) in [5.41, 5.74) is 2.69. The topological polar surface area (TPSA) is 33.6 Å². The van der Waals surface area contributed by atoms with Gasteiger partial charge >= 0.3 is 0 Å². The maximum Gasteiger partial charge on any atom is 0.184 e. The van der Waals surface area contributed by atoms with Gasteiger partial charge in [0.1, 0.15) is 0 Å². The third kappa shape index (κ3) is 1.84. The molecule has 3 rings (SSSR count). The fourth-order valence-electron chi connectivity index (χ4n) is 1.85. The number of H-pyrrole nitrogens is 1. The molecular weight excluding hydrogens is 378 g/mol. The van der Waals surface area contributed by atoms with Crippen LogP contribution < -0.4 is 0 Å². The van der Waals surface area contributed by atoms with E-state index >= 15 is 0 Å². The minimum absolute atomic E-state index is 0.622. The number of imidazole rings is 1. The van der Waals surface area contributed by atoms with Gasteiger partial charge in [-0.1, -0.05) is 6.07 Å². The number of pyridine rings is 1. The van der Waals surface area contributed by atoms with E-state index in [1.165, 1.54) is 0 Å². The highest BCUT2D eigenvalue weighted by atomic mass is 79.9. The fraction of sp³-hybridized carbons (Fsp3) is 0. The van der Waals surface area contributed by atoms with Gasteiger partial charge in [-0.2, -0.15) is 0 Å². The van der Waals surface area contributed by atoms with Gasteiger partial charge in [-0.3, -0.25) is 4.57 Å². The van der Waals surface area contributed by atoms with Crippen LogP contribution in [0.1, 0.15) is 0 Å². The maximum atomic E-state index is 5.38. The zero-order valence-electron chi connectivity index (χ0n) is 9.02. The van der Waals surface area contributed by atoms with Crippen LogP contribution in [-0.2, 0) is 0 Å². The average Bonchev–Trinajstić information content (AvgIpc) is 2.66. The summed E-state index contributed by atoms with van der Waals surface area (Å²) in [5.74, 6) is 0. The molecule has 0 atom stereocenters. The molecular formula is C12H7Br2N3S. The van der Waals surface area contributed by atoms with E-state index in [1.807, 2.05) is 34.9 Å². The third-order valence-electron chi connectivity index (χ3n) is 2.60. The van der Waals surface area contributed by atoms with Crippen molar-refractivity contribution in [2.45, 2.75) is 0 Å². The van der Waals surface area contributed by atoms with E-state index in [2.05, 4.69) is 41.8 Å². The highest BCUT2D eigenvalue weighted by Gasteiger charge is 2.12. The number of hydrogen-bond donors (Lipinski definition) is 1. The van der Waals surface area contributed by atoms with Gasteiger partial charge in [0.2, 0.25) is 0 Å². The highest BCUT2D eigenvalue weighted by Crippen LogP contribution is 2.31. The van der Waals surface area contributed by atoms with Crippen molar-refractivity contribution < 1.29 is 0 Å². The van der Waals surface area contributed by atoms with Gasteiger partial charge in [-0.05, 0) is 68.3 Å². The summed E-state index contributed by atoms with van der Waals surface area (Å²) in [6.07, 6.45) is 1.76. The third-order valence-corrected chi connectivity index (χ3v) is 4.17. The molecule has 0 bridgehead atoms. The van der Waals surface area contributed by atoms with E-state index in [0.717, 1.165) is 25.8 Å². The van der Waals surface area contributed by atoms with Gasteiger partial charge in [0.05, 0.1) is 11.2 Å². The quantitative estimate of drug-likeness (QED) is 0.621. The Labute approximate surface area is 125 Å². The molecule has 1 N–H and O–H groups in total. The van der Waals surface area contributed by atoms with Crippen molar-refractivity contribution in [3.63, 3.8) is 0 Å². The maximum absolute atomic E-state index is 5.38. The smallest absolute Gasteiger partial charge is 0.184 e. The van der Waals surface area contributed by atoms with Crippen molar-refractivity contribution in [3.8, 4) is 5.69 Å². The number of halogens is 2. The normalized spacial score (nSPS) is 11.0. The number of rotatable bonds is 1. The number of aromatic nitrogens is 3. The van der Waals surface area contributed by atoms with E-state index in [9.17, 15) is 0 Å². The van der Waals surface area contributed by atoms with Crippen molar-refractivity contribution in [1.82, 2.24) is 14.5 Å². The molecule has 0 fully saturated rings. The van der Waals surface area contributed by atoms with Crippen molar-refractivity contribution in [2.75, 3.05) is 0 Å². The molecule has 0 radical (unpaired) electrons. The average molecular weight is 385 g/mol. The molecule has 2 heterocycles. The lowest BCUT2D eigenvalue weighted by Gasteiger charge is -2.08. The number of nitrogens with one attached hydrogen (secondary N) is 1. The van der Waals surface area contributed by atoms with Gasteiger partial charge in [0.25, 0.3) is 0 Å². The summed E-state index contributed by atoms with van der Waals surface area (Å²) in [7, 11) is 0. The fourth-order valence-corrected chi connectivity index (χ4v) is 3.49. The van der Waals surface area contributed by atoms with E-state index in [4.69, 9.17) is 12.2 Å². The molecule has 90 valence electrons. The number of nitrogens with zero attached hydrogens (tertiary/aromatic N) is 2. The highest BCUT2D eigenvalue weighted by molar-refractivity contribution is 9.11. The molecule has 0 aliphatic carbocycles. The first kappa shape index (κ1) is 12.1. The Morgan fingerprint density at radius 2 is 1.83 bits per heavy atom. The standard InChI is InChI=1S/C12H7Br2N3S/c13-7-3-1-4-8(14)10(7)17-11-9(16-12(17)18)5-2-6-15-11/h1-6H,(H,16,18). The van der Waals surface area contributed by atoms with Crippen LogP contribution in [0.4, 0.5) is 0 Å². The van der Waals surface area contributed by atoms with E-state index in [-0.39, 0.29) is 0 Å². The summed E-state index contributed by atoms with van der Waals surface area (Å²) >= 11 is 12.5. The van der Waals surface area contributed by atoms with Gasteiger partial charge in [-0.15, -0.1) is 0 Å². The zero-order chi connectivity index (χ0) is 12.7. The van der Waals surface area contributed by atoms with Crippen molar-refractivity contribution >= 4 is 55.2 Å². The molecule has 0 aliphatic rings. The van der Waals surface area contributed by atoms with E-state index in [1.54, 1.807) is 6.20 Å². The van der Waals surface area contributed by atoms with Crippen LogP contribution in [0.25, 0.3) is 16.9 Å². The van der Waals surface area contributed by atoms with Crippen molar-refractivity contribution in [3.05, 3.63) is 50.2 Å². The molecule has 0 amide bonds. The van der Waals surface area contributed by atoms with E-state index < -0.39 is 0 Å². The Morgan fingerprint density at radius 1 is 1.11 bits per heavy atom. The lowest BCUT2D eigenvalue weighted by Crippen LogP contribution is -1.97. The molecule has 0 saturated carbocycles. The molecule has 0 spiro atoms. The van der Waals surface area contributed by atoms with Crippen LogP contribution in [0.5, 0.6) is 0 Å². The molecule has 0 saturated heterocycles. The molecule has 18 heavy (non-hydrogen) atoms. The van der Waals surface area contributed by atoms with Crippen LogP contribution in [0.3, 0.4) is 0 Å². The van der Waals surface area contributed by atoms with Crippen molar-refractivity contribution in [2.24, 2.45) is 0 Å².